The van der Waals surface area contributed by atoms with E-state index >= 15 is 0 Å². The Morgan fingerprint density at radius 1 is 1.50 bits per heavy atom. The number of amidine groups is 1. The molecule has 16 heavy (non-hydrogen) atoms. The van der Waals surface area contributed by atoms with Crippen LogP contribution in [0.25, 0.3) is 0 Å². The van der Waals surface area contributed by atoms with Gasteiger partial charge < -0.3 is 10.2 Å². The molecule has 0 radical (unpaired) electrons. The molecule has 1 heterocycles. The predicted molar refractivity (Wildman–Crippen MR) is 74.3 cm³/mol. The lowest BCUT2D eigenvalue weighted by molar-refractivity contribution is 0.249. The molecule has 1 N–H and O–H groups in total. The van der Waals surface area contributed by atoms with Gasteiger partial charge in [-0.2, -0.15) is 0 Å². The van der Waals surface area contributed by atoms with Crippen LogP contribution in [-0.2, 0) is 0 Å². The molecule has 94 valence electrons. The lowest BCUT2D eigenvalue weighted by Gasteiger charge is -2.26. The number of rotatable bonds is 5. The van der Waals surface area contributed by atoms with E-state index in [2.05, 4.69) is 50.1 Å². The Labute approximate surface area is 104 Å². The van der Waals surface area contributed by atoms with Gasteiger partial charge >= 0.3 is 0 Å². The molecule has 0 amide bonds. The molecule has 1 saturated heterocycles. The minimum Gasteiger partial charge on any atom is -0.361 e. The summed E-state index contributed by atoms with van der Waals surface area (Å²) in [7, 11) is 4.23. The minimum atomic E-state index is 0.253. The van der Waals surface area contributed by atoms with Crippen LogP contribution in [0.15, 0.2) is 4.99 Å². The summed E-state index contributed by atoms with van der Waals surface area (Å²) in [6.07, 6.45) is 1.19. The van der Waals surface area contributed by atoms with Gasteiger partial charge in [0.25, 0.3) is 0 Å². The van der Waals surface area contributed by atoms with Crippen LogP contribution in [-0.4, -0.2) is 49.0 Å². The van der Waals surface area contributed by atoms with Crippen LogP contribution < -0.4 is 5.32 Å². The molecule has 0 aromatic carbocycles. The molecule has 0 aromatic heterocycles. The number of thioether (sulfide) groups is 1. The van der Waals surface area contributed by atoms with Gasteiger partial charge in [0.15, 0.2) is 5.17 Å². The molecule has 0 aromatic rings. The Morgan fingerprint density at radius 2 is 2.19 bits per heavy atom. The first-order valence-electron chi connectivity index (χ1n) is 6.01. The van der Waals surface area contributed by atoms with Crippen LogP contribution >= 0.6 is 11.8 Å². The third kappa shape index (κ3) is 4.74. The molecule has 0 aliphatic carbocycles. The van der Waals surface area contributed by atoms with Gasteiger partial charge in [0, 0.05) is 24.9 Å². The molecule has 0 bridgehead atoms. The fourth-order valence-electron chi connectivity index (χ4n) is 1.94. The van der Waals surface area contributed by atoms with E-state index in [0.29, 0.717) is 6.04 Å². The molecular formula is C12H25N3S. The van der Waals surface area contributed by atoms with Gasteiger partial charge in [0.2, 0.25) is 0 Å². The van der Waals surface area contributed by atoms with Crippen molar-refractivity contribution in [2.45, 2.75) is 33.2 Å². The maximum absolute atomic E-state index is 4.69. The fraction of sp³-hybridized carbons (Fsp3) is 0.917. The van der Waals surface area contributed by atoms with Gasteiger partial charge in [0.1, 0.15) is 0 Å². The highest BCUT2D eigenvalue weighted by atomic mass is 32.2. The summed E-state index contributed by atoms with van der Waals surface area (Å²) >= 11 is 1.86. The molecule has 4 heteroatoms. The van der Waals surface area contributed by atoms with Crippen molar-refractivity contribution in [3.8, 4) is 0 Å². The molecule has 1 atom stereocenters. The normalized spacial score (nSPS) is 24.1. The van der Waals surface area contributed by atoms with E-state index in [4.69, 9.17) is 0 Å². The van der Waals surface area contributed by atoms with Crippen molar-refractivity contribution in [1.29, 1.82) is 0 Å². The van der Waals surface area contributed by atoms with Gasteiger partial charge in [-0.1, -0.05) is 32.5 Å². The summed E-state index contributed by atoms with van der Waals surface area (Å²) in [5.74, 6) is 1.17. The van der Waals surface area contributed by atoms with E-state index in [1.54, 1.807) is 0 Å². The second-order valence-electron chi connectivity index (χ2n) is 5.58. The van der Waals surface area contributed by atoms with Crippen molar-refractivity contribution in [3.63, 3.8) is 0 Å². The van der Waals surface area contributed by atoms with Crippen LogP contribution in [0.3, 0.4) is 0 Å². The maximum Gasteiger partial charge on any atom is 0.156 e. The average molecular weight is 243 g/mol. The van der Waals surface area contributed by atoms with Crippen LogP contribution in [0.2, 0.25) is 0 Å². The zero-order chi connectivity index (χ0) is 12.2. The van der Waals surface area contributed by atoms with Crippen molar-refractivity contribution in [2.75, 3.05) is 32.9 Å². The largest absolute Gasteiger partial charge is 0.361 e. The number of nitrogens with one attached hydrogen (secondary N) is 1. The van der Waals surface area contributed by atoms with Crippen LogP contribution in [0.1, 0.15) is 27.2 Å². The second kappa shape index (κ2) is 5.92. The first kappa shape index (κ1) is 13.8. The first-order chi connectivity index (χ1) is 7.43. The highest BCUT2D eigenvalue weighted by Crippen LogP contribution is 2.20. The van der Waals surface area contributed by atoms with E-state index in [0.717, 1.165) is 18.3 Å². The monoisotopic (exact) mass is 243 g/mol. The second-order valence-corrected chi connectivity index (χ2v) is 6.59. The van der Waals surface area contributed by atoms with E-state index in [-0.39, 0.29) is 5.41 Å². The summed E-state index contributed by atoms with van der Waals surface area (Å²) in [5.41, 5.74) is 0.253. The quantitative estimate of drug-likeness (QED) is 0.801. The molecule has 1 aliphatic rings. The summed E-state index contributed by atoms with van der Waals surface area (Å²) in [6.45, 7) is 8.74. The van der Waals surface area contributed by atoms with Crippen molar-refractivity contribution < 1.29 is 0 Å². The van der Waals surface area contributed by atoms with Crippen molar-refractivity contribution in [3.05, 3.63) is 0 Å². The zero-order valence-corrected chi connectivity index (χ0v) is 12.0. The topological polar surface area (TPSA) is 27.6 Å². The average Bonchev–Trinajstić information content (AvgIpc) is 2.60. The van der Waals surface area contributed by atoms with E-state index in [1.807, 2.05) is 11.8 Å². The summed E-state index contributed by atoms with van der Waals surface area (Å²) in [6, 6.07) is 0.626. The maximum atomic E-state index is 4.69. The third-order valence-electron chi connectivity index (χ3n) is 2.64. The van der Waals surface area contributed by atoms with Gasteiger partial charge in [-0.15, -0.1) is 0 Å². The Hall–Kier alpha value is -0.220. The zero-order valence-electron chi connectivity index (χ0n) is 11.2. The van der Waals surface area contributed by atoms with Gasteiger partial charge in [-0.05, 0) is 25.9 Å². The lowest BCUT2D eigenvalue weighted by Crippen LogP contribution is -2.32. The van der Waals surface area contributed by atoms with Crippen molar-refractivity contribution in [2.24, 2.45) is 10.4 Å². The number of nitrogens with zero attached hydrogens (tertiary/aromatic N) is 2. The lowest BCUT2D eigenvalue weighted by atomic mass is 9.93. The van der Waals surface area contributed by atoms with E-state index in [9.17, 15) is 0 Å². The smallest absolute Gasteiger partial charge is 0.156 e. The Bertz CT molecular complexity index is 249. The SMILES string of the molecule is CCC1CSC(=NCC(C)(C)CN(C)C)N1. The minimum absolute atomic E-state index is 0.253. The summed E-state index contributed by atoms with van der Waals surface area (Å²) < 4.78 is 0. The summed E-state index contributed by atoms with van der Waals surface area (Å²) in [5, 5.41) is 4.60. The van der Waals surface area contributed by atoms with Crippen LogP contribution in [0.4, 0.5) is 0 Å². The van der Waals surface area contributed by atoms with Crippen LogP contribution in [0.5, 0.6) is 0 Å². The highest BCUT2D eigenvalue weighted by molar-refractivity contribution is 8.14. The molecule has 3 nitrogen and oxygen atoms in total. The Kier molecular flexibility index (Phi) is 5.12. The highest BCUT2D eigenvalue weighted by Gasteiger charge is 2.21. The molecule has 1 rings (SSSR count). The third-order valence-corrected chi connectivity index (χ3v) is 3.73. The Morgan fingerprint density at radius 3 is 2.69 bits per heavy atom. The van der Waals surface area contributed by atoms with Crippen molar-refractivity contribution >= 4 is 16.9 Å². The molecular weight excluding hydrogens is 218 g/mol. The standard InChI is InChI=1S/C12H25N3S/c1-6-10-7-16-11(14-10)13-8-12(2,3)9-15(4)5/h10H,6-9H2,1-5H3,(H,13,14). The molecule has 1 aliphatic heterocycles. The molecule has 1 unspecified atom stereocenters. The molecule has 0 spiro atoms. The number of hydrogen-bond donors (Lipinski definition) is 1. The first-order valence-corrected chi connectivity index (χ1v) is 7.00. The Balaban J connectivity index is 2.41. The van der Waals surface area contributed by atoms with Gasteiger partial charge in [-0.25, -0.2) is 0 Å². The van der Waals surface area contributed by atoms with E-state index in [1.165, 1.54) is 12.2 Å². The molecule has 0 saturated carbocycles. The number of aliphatic imine (C=N–C) groups is 1. The molecule has 1 fully saturated rings. The van der Waals surface area contributed by atoms with Crippen molar-refractivity contribution in [1.82, 2.24) is 10.2 Å². The van der Waals surface area contributed by atoms with Gasteiger partial charge in [0.05, 0.1) is 0 Å². The van der Waals surface area contributed by atoms with Crippen LogP contribution in [0, 0.1) is 5.41 Å². The van der Waals surface area contributed by atoms with E-state index < -0.39 is 0 Å². The number of hydrogen-bond acceptors (Lipinski definition) is 3. The van der Waals surface area contributed by atoms with Gasteiger partial charge in [-0.3, -0.25) is 4.99 Å². The fourth-order valence-corrected chi connectivity index (χ4v) is 3.02. The summed E-state index contributed by atoms with van der Waals surface area (Å²) in [4.78, 5) is 6.91. The predicted octanol–water partition coefficient (Wildman–Crippen LogP) is 2.05.